The number of piperazine rings is 1. The molecule has 0 atom stereocenters. The predicted octanol–water partition coefficient (Wildman–Crippen LogP) is 2.78. The third kappa shape index (κ3) is 4.36. The van der Waals surface area contributed by atoms with Crippen molar-refractivity contribution in [3.8, 4) is 0 Å². The van der Waals surface area contributed by atoms with Crippen molar-refractivity contribution in [3.05, 3.63) is 65.5 Å². The van der Waals surface area contributed by atoms with Gasteiger partial charge in [-0.2, -0.15) is 8.78 Å². The van der Waals surface area contributed by atoms with Crippen molar-refractivity contribution in [1.82, 2.24) is 9.80 Å². The maximum absolute atomic E-state index is 13.8. The lowest BCUT2D eigenvalue weighted by Gasteiger charge is -2.34. The summed E-state index contributed by atoms with van der Waals surface area (Å²) in [4.78, 5) is 15.7. The number of carbonyl (C=O) groups excluding carboxylic acids is 1. The fourth-order valence-electron chi connectivity index (χ4n) is 3.05. The molecule has 28 heavy (non-hydrogen) atoms. The second kappa shape index (κ2) is 8.32. The standard InChI is InChI=1S/C19H19F3N2O3S/c20-17-4-2-1-3-15(17)13-23-9-11-24(12-10-23)18(25)14-5-7-16(8-6-14)28(26,27)19(21)22/h1-8,19H,9-13H2. The minimum absolute atomic E-state index is 0.232. The molecule has 0 N–H and O–H groups in total. The maximum Gasteiger partial charge on any atom is 0.341 e. The van der Waals surface area contributed by atoms with Crippen LogP contribution in [0.2, 0.25) is 0 Å². The maximum atomic E-state index is 13.8. The Balaban J connectivity index is 1.60. The van der Waals surface area contributed by atoms with E-state index >= 15 is 0 Å². The van der Waals surface area contributed by atoms with Crippen LogP contribution in [0.4, 0.5) is 13.2 Å². The summed E-state index contributed by atoms with van der Waals surface area (Å²) in [5.41, 5.74) is 0.828. The summed E-state index contributed by atoms with van der Waals surface area (Å²) in [6.45, 7) is 2.46. The average Bonchev–Trinajstić information content (AvgIpc) is 2.70. The van der Waals surface area contributed by atoms with Gasteiger partial charge in [0.05, 0.1) is 4.90 Å². The van der Waals surface area contributed by atoms with Crippen LogP contribution >= 0.6 is 0 Å². The van der Waals surface area contributed by atoms with E-state index in [1.165, 1.54) is 18.2 Å². The largest absolute Gasteiger partial charge is 0.341 e. The van der Waals surface area contributed by atoms with Gasteiger partial charge in [0.25, 0.3) is 5.91 Å². The van der Waals surface area contributed by atoms with Crippen LogP contribution in [-0.2, 0) is 16.4 Å². The van der Waals surface area contributed by atoms with E-state index in [-0.39, 0.29) is 17.3 Å². The van der Waals surface area contributed by atoms with Gasteiger partial charge in [0.2, 0.25) is 9.84 Å². The Morgan fingerprint density at radius 1 is 0.964 bits per heavy atom. The zero-order chi connectivity index (χ0) is 20.3. The predicted molar refractivity (Wildman–Crippen MR) is 97.2 cm³/mol. The second-order valence-corrected chi connectivity index (χ2v) is 8.41. The van der Waals surface area contributed by atoms with Crippen LogP contribution in [0.25, 0.3) is 0 Å². The first-order valence-electron chi connectivity index (χ1n) is 8.66. The van der Waals surface area contributed by atoms with Gasteiger partial charge in [0.1, 0.15) is 5.82 Å². The first kappa shape index (κ1) is 20.3. The topological polar surface area (TPSA) is 57.7 Å². The summed E-state index contributed by atoms with van der Waals surface area (Å²) >= 11 is 0. The lowest BCUT2D eigenvalue weighted by molar-refractivity contribution is 0.0627. The van der Waals surface area contributed by atoms with E-state index < -0.39 is 20.5 Å². The van der Waals surface area contributed by atoms with Gasteiger partial charge in [0, 0.05) is 43.9 Å². The Kier molecular flexibility index (Phi) is 6.04. The molecular weight excluding hydrogens is 393 g/mol. The van der Waals surface area contributed by atoms with Gasteiger partial charge in [-0.05, 0) is 30.3 Å². The molecule has 2 aromatic rings. The highest BCUT2D eigenvalue weighted by molar-refractivity contribution is 7.91. The van der Waals surface area contributed by atoms with Crippen LogP contribution in [0.5, 0.6) is 0 Å². The summed E-state index contributed by atoms with van der Waals surface area (Å²) in [7, 11) is -4.68. The molecule has 1 heterocycles. The van der Waals surface area contributed by atoms with Gasteiger partial charge in [0.15, 0.2) is 0 Å². The number of alkyl halides is 2. The smallest absolute Gasteiger partial charge is 0.336 e. The Morgan fingerprint density at radius 3 is 2.14 bits per heavy atom. The SMILES string of the molecule is O=C(c1ccc(S(=O)(=O)C(F)F)cc1)N1CCN(Cc2ccccc2F)CC1. The fraction of sp³-hybridized carbons (Fsp3) is 0.316. The lowest BCUT2D eigenvalue weighted by Crippen LogP contribution is -2.48. The second-order valence-electron chi connectivity index (χ2n) is 6.49. The monoisotopic (exact) mass is 412 g/mol. The molecule has 150 valence electrons. The third-order valence-corrected chi connectivity index (χ3v) is 6.07. The highest BCUT2D eigenvalue weighted by atomic mass is 32.2. The lowest BCUT2D eigenvalue weighted by atomic mass is 10.1. The quantitative estimate of drug-likeness (QED) is 0.758. The van der Waals surface area contributed by atoms with Crippen LogP contribution in [0.15, 0.2) is 53.4 Å². The number of hydrogen-bond donors (Lipinski definition) is 0. The van der Waals surface area contributed by atoms with E-state index in [9.17, 15) is 26.4 Å². The number of carbonyl (C=O) groups is 1. The normalized spacial score (nSPS) is 15.8. The Morgan fingerprint density at radius 2 is 1.57 bits per heavy atom. The van der Waals surface area contributed by atoms with Crippen molar-refractivity contribution < 1.29 is 26.4 Å². The van der Waals surface area contributed by atoms with E-state index in [0.717, 1.165) is 12.1 Å². The molecule has 0 unspecified atom stereocenters. The van der Waals surface area contributed by atoms with Crippen molar-refractivity contribution >= 4 is 15.7 Å². The van der Waals surface area contributed by atoms with Crippen molar-refractivity contribution in [3.63, 3.8) is 0 Å². The molecule has 1 amide bonds. The average molecular weight is 412 g/mol. The number of rotatable bonds is 5. The Bertz CT molecular complexity index is 941. The van der Waals surface area contributed by atoms with Gasteiger partial charge in [-0.25, -0.2) is 12.8 Å². The number of halogens is 3. The molecule has 0 aliphatic carbocycles. The van der Waals surface area contributed by atoms with E-state index in [1.807, 2.05) is 4.90 Å². The Hall–Kier alpha value is -2.39. The van der Waals surface area contributed by atoms with Gasteiger partial charge in [-0.15, -0.1) is 0 Å². The summed E-state index contributed by atoms with van der Waals surface area (Å²) in [5, 5.41) is 0. The highest BCUT2D eigenvalue weighted by Gasteiger charge is 2.27. The molecule has 2 aromatic carbocycles. The first-order chi connectivity index (χ1) is 13.3. The molecule has 0 bridgehead atoms. The third-order valence-electron chi connectivity index (χ3n) is 4.68. The zero-order valence-electron chi connectivity index (χ0n) is 14.9. The van der Waals surface area contributed by atoms with Crippen LogP contribution in [0, 0.1) is 5.82 Å². The number of amides is 1. The summed E-state index contributed by atoms with van der Waals surface area (Å²) < 4.78 is 61.8. The van der Waals surface area contributed by atoms with Crippen LogP contribution in [-0.4, -0.2) is 56.1 Å². The molecule has 0 aromatic heterocycles. The molecule has 3 rings (SSSR count). The van der Waals surface area contributed by atoms with E-state index in [0.29, 0.717) is 38.3 Å². The molecule has 1 aliphatic rings. The summed E-state index contributed by atoms with van der Waals surface area (Å²) in [6.07, 6.45) is 0. The summed E-state index contributed by atoms with van der Waals surface area (Å²) in [5.74, 6) is -4.07. The number of sulfone groups is 1. The number of nitrogens with zero attached hydrogens (tertiary/aromatic N) is 2. The molecular formula is C19H19F3N2O3S. The molecule has 1 saturated heterocycles. The van der Waals surface area contributed by atoms with Crippen LogP contribution in [0.1, 0.15) is 15.9 Å². The minimum Gasteiger partial charge on any atom is -0.336 e. The van der Waals surface area contributed by atoms with Gasteiger partial charge in [-0.3, -0.25) is 9.69 Å². The molecule has 5 nitrogen and oxygen atoms in total. The zero-order valence-corrected chi connectivity index (χ0v) is 15.7. The van der Waals surface area contributed by atoms with Crippen molar-refractivity contribution in [2.24, 2.45) is 0 Å². The van der Waals surface area contributed by atoms with E-state index in [1.54, 1.807) is 23.1 Å². The number of benzene rings is 2. The molecule has 0 saturated carbocycles. The highest BCUT2D eigenvalue weighted by Crippen LogP contribution is 2.20. The van der Waals surface area contributed by atoms with Crippen LogP contribution < -0.4 is 0 Å². The van der Waals surface area contributed by atoms with Crippen LogP contribution in [0.3, 0.4) is 0 Å². The van der Waals surface area contributed by atoms with E-state index in [2.05, 4.69) is 0 Å². The molecule has 1 aliphatic heterocycles. The molecule has 1 fully saturated rings. The number of hydrogen-bond acceptors (Lipinski definition) is 4. The molecule has 0 spiro atoms. The van der Waals surface area contributed by atoms with Gasteiger partial charge < -0.3 is 4.90 Å². The van der Waals surface area contributed by atoms with Crippen molar-refractivity contribution in [2.45, 2.75) is 17.2 Å². The Labute approximate surface area is 161 Å². The van der Waals surface area contributed by atoms with Crippen molar-refractivity contribution in [1.29, 1.82) is 0 Å². The van der Waals surface area contributed by atoms with Gasteiger partial charge >= 0.3 is 5.76 Å². The van der Waals surface area contributed by atoms with Gasteiger partial charge in [-0.1, -0.05) is 18.2 Å². The first-order valence-corrected chi connectivity index (χ1v) is 10.2. The van der Waals surface area contributed by atoms with Crippen molar-refractivity contribution in [2.75, 3.05) is 26.2 Å². The fourth-order valence-corrected chi connectivity index (χ4v) is 3.77. The molecule has 9 heteroatoms. The summed E-state index contributed by atoms with van der Waals surface area (Å²) in [6, 6.07) is 11.1. The minimum atomic E-state index is -4.68. The molecule has 0 radical (unpaired) electrons. The van der Waals surface area contributed by atoms with E-state index in [4.69, 9.17) is 0 Å².